The maximum Gasteiger partial charge on any atom is 0.150 e. The van der Waals surface area contributed by atoms with Crippen LogP contribution in [0.4, 0.5) is 8.78 Å². The van der Waals surface area contributed by atoms with Gasteiger partial charge in [-0.25, -0.2) is 8.78 Å². The Labute approximate surface area is 173 Å². The van der Waals surface area contributed by atoms with Gasteiger partial charge in [-0.15, -0.1) is 0 Å². The van der Waals surface area contributed by atoms with Crippen molar-refractivity contribution in [2.24, 2.45) is 10.4 Å². The summed E-state index contributed by atoms with van der Waals surface area (Å²) < 4.78 is 29.8. The van der Waals surface area contributed by atoms with Crippen molar-refractivity contribution >= 4 is 34.5 Å². The van der Waals surface area contributed by atoms with Crippen LogP contribution in [0, 0.1) is 28.4 Å². The minimum absolute atomic E-state index is 0.0777. The van der Waals surface area contributed by atoms with Crippen LogP contribution in [-0.2, 0) is 5.41 Å². The molecule has 2 nitrogen and oxygen atoms in total. The van der Waals surface area contributed by atoms with Gasteiger partial charge in [0.2, 0.25) is 0 Å². The molecule has 0 aromatic heterocycles. The molecule has 0 N–H and O–H groups in total. The van der Waals surface area contributed by atoms with Crippen molar-refractivity contribution in [1.29, 1.82) is 5.26 Å². The van der Waals surface area contributed by atoms with E-state index in [2.05, 4.69) is 11.1 Å². The number of nitrogens with zero attached hydrogens (tertiary/aromatic N) is 2. The number of rotatable bonds is 3. The highest BCUT2D eigenvalue weighted by Crippen LogP contribution is 2.48. The zero-order valence-electron chi connectivity index (χ0n) is 15.7. The van der Waals surface area contributed by atoms with Crippen molar-refractivity contribution in [3.05, 3.63) is 75.4 Å². The van der Waals surface area contributed by atoms with E-state index in [9.17, 15) is 14.0 Å². The van der Waals surface area contributed by atoms with Crippen molar-refractivity contribution in [2.75, 3.05) is 0 Å². The molecular formula is C22H18Cl2F2N2. The Bertz CT molecular complexity index is 1050. The maximum absolute atomic E-state index is 15.0. The van der Waals surface area contributed by atoms with E-state index in [4.69, 9.17) is 23.2 Å². The van der Waals surface area contributed by atoms with Crippen LogP contribution in [0.1, 0.15) is 38.3 Å². The molecule has 1 atom stereocenters. The molecule has 1 aliphatic heterocycles. The molecule has 2 aromatic carbocycles. The Balaban J connectivity index is 2.29. The van der Waals surface area contributed by atoms with Gasteiger partial charge in [0, 0.05) is 33.6 Å². The third-order valence-electron chi connectivity index (χ3n) is 4.63. The molecule has 0 bridgehead atoms. The molecule has 0 amide bonds. The average Bonchev–Trinajstić information content (AvgIpc) is 2.94. The van der Waals surface area contributed by atoms with E-state index < -0.39 is 17.0 Å². The van der Waals surface area contributed by atoms with E-state index in [1.54, 1.807) is 6.07 Å². The summed E-state index contributed by atoms with van der Waals surface area (Å²) in [6.07, 6.45) is 1.86. The van der Waals surface area contributed by atoms with Crippen LogP contribution in [0.25, 0.3) is 5.57 Å². The van der Waals surface area contributed by atoms with Gasteiger partial charge in [-0.3, -0.25) is 4.99 Å². The second-order valence-electron chi connectivity index (χ2n) is 7.94. The first-order valence-corrected chi connectivity index (χ1v) is 9.45. The summed E-state index contributed by atoms with van der Waals surface area (Å²) in [6, 6.07) is 10.9. The normalized spacial score (nSPS) is 19.2. The maximum atomic E-state index is 15.0. The van der Waals surface area contributed by atoms with Crippen molar-refractivity contribution in [2.45, 2.75) is 32.6 Å². The third-order valence-corrected chi connectivity index (χ3v) is 5.16. The lowest BCUT2D eigenvalue weighted by Crippen LogP contribution is -2.37. The molecule has 1 heterocycles. The Hall–Kier alpha value is -2.22. The molecule has 28 heavy (non-hydrogen) atoms. The molecule has 6 heteroatoms. The van der Waals surface area contributed by atoms with E-state index in [1.165, 1.54) is 30.5 Å². The van der Waals surface area contributed by atoms with Crippen molar-refractivity contribution < 1.29 is 8.78 Å². The molecule has 0 spiro atoms. The molecule has 0 aliphatic carbocycles. The molecule has 0 saturated heterocycles. The fraction of sp³-hybridized carbons (Fsp3) is 0.273. The van der Waals surface area contributed by atoms with Gasteiger partial charge in [0.15, 0.2) is 5.41 Å². The van der Waals surface area contributed by atoms with E-state index in [1.807, 2.05) is 20.8 Å². The largest absolute Gasteiger partial charge is 0.263 e. The molecule has 3 rings (SSSR count). The number of hydrogen-bond acceptors (Lipinski definition) is 2. The zero-order chi connectivity index (χ0) is 20.7. The van der Waals surface area contributed by atoms with Crippen LogP contribution >= 0.6 is 23.2 Å². The lowest BCUT2D eigenvalue weighted by Gasteiger charge is -2.31. The Kier molecular flexibility index (Phi) is 5.36. The average molecular weight is 419 g/mol. The Morgan fingerprint density at radius 2 is 1.86 bits per heavy atom. The Morgan fingerprint density at radius 3 is 2.46 bits per heavy atom. The quantitative estimate of drug-likeness (QED) is 0.530. The SMILES string of the molecule is CC(C)(C)CC1=NC=C(c2cccc(Cl)c2F)C1(C#N)c1ccc(Cl)cc1F. The van der Waals surface area contributed by atoms with E-state index in [-0.39, 0.29) is 32.2 Å². The molecule has 0 fully saturated rings. The second-order valence-corrected chi connectivity index (χ2v) is 8.79. The smallest absolute Gasteiger partial charge is 0.150 e. The molecular weight excluding hydrogens is 401 g/mol. The summed E-state index contributed by atoms with van der Waals surface area (Å²) in [5, 5.41) is 10.4. The highest BCUT2D eigenvalue weighted by molar-refractivity contribution is 6.31. The lowest BCUT2D eigenvalue weighted by molar-refractivity contribution is 0.428. The van der Waals surface area contributed by atoms with Crippen molar-refractivity contribution in [1.82, 2.24) is 0 Å². The summed E-state index contributed by atoms with van der Waals surface area (Å²) in [5.41, 5.74) is -0.872. The standard InChI is InChI=1S/C22H18Cl2F2N2/c1-21(2,3)10-19-22(12-27,15-8-7-13(23)9-18(15)25)16(11-28-19)14-5-4-6-17(24)20(14)26/h4-9,11H,10H2,1-3H3. The minimum Gasteiger partial charge on any atom is -0.263 e. The topological polar surface area (TPSA) is 36.1 Å². The summed E-state index contributed by atoms with van der Waals surface area (Å²) in [6.45, 7) is 5.98. The van der Waals surface area contributed by atoms with E-state index in [0.717, 1.165) is 6.07 Å². The number of allylic oxidation sites excluding steroid dienone is 1. The summed E-state index contributed by atoms with van der Waals surface area (Å²) in [7, 11) is 0. The first-order valence-electron chi connectivity index (χ1n) is 8.69. The van der Waals surface area contributed by atoms with Crippen molar-refractivity contribution in [3.63, 3.8) is 0 Å². The van der Waals surface area contributed by atoms with Gasteiger partial charge in [-0.2, -0.15) is 5.26 Å². The van der Waals surface area contributed by atoms with Crippen molar-refractivity contribution in [3.8, 4) is 6.07 Å². The molecule has 0 radical (unpaired) electrons. The van der Waals surface area contributed by atoms with Crippen LogP contribution in [0.3, 0.4) is 0 Å². The van der Waals surface area contributed by atoms with Crippen LogP contribution < -0.4 is 0 Å². The third kappa shape index (κ3) is 3.45. The van der Waals surface area contributed by atoms with Gasteiger partial charge in [0.1, 0.15) is 11.6 Å². The fourth-order valence-corrected chi connectivity index (χ4v) is 3.77. The van der Waals surface area contributed by atoms with Gasteiger partial charge in [-0.05, 0) is 30.0 Å². The van der Waals surface area contributed by atoms with E-state index in [0.29, 0.717) is 12.1 Å². The number of aliphatic imine (C=N–C) groups is 1. The molecule has 0 saturated carbocycles. The predicted molar refractivity (Wildman–Crippen MR) is 110 cm³/mol. The predicted octanol–water partition coefficient (Wildman–Crippen LogP) is 6.96. The molecule has 1 aliphatic rings. The van der Waals surface area contributed by atoms with Crippen LogP contribution in [-0.4, -0.2) is 5.71 Å². The van der Waals surface area contributed by atoms with Gasteiger partial charge >= 0.3 is 0 Å². The van der Waals surface area contributed by atoms with Crippen LogP contribution in [0.2, 0.25) is 10.0 Å². The first-order chi connectivity index (χ1) is 13.1. The number of hydrogen-bond donors (Lipinski definition) is 0. The second kappa shape index (κ2) is 7.31. The highest BCUT2D eigenvalue weighted by atomic mass is 35.5. The van der Waals surface area contributed by atoms with Gasteiger partial charge in [-0.1, -0.05) is 62.2 Å². The van der Waals surface area contributed by atoms with Crippen LogP contribution in [0.5, 0.6) is 0 Å². The fourth-order valence-electron chi connectivity index (χ4n) is 3.43. The molecule has 1 unspecified atom stereocenters. The summed E-state index contributed by atoms with van der Waals surface area (Å²) in [4.78, 5) is 4.44. The van der Waals surface area contributed by atoms with Gasteiger partial charge in [0.05, 0.1) is 11.1 Å². The minimum atomic E-state index is -1.58. The summed E-state index contributed by atoms with van der Waals surface area (Å²) >= 11 is 11.9. The molecule has 144 valence electrons. The van der Waals surface area contributed by atoms with Gasteiger partial charge < -0.3 is 0 Å². The lowest BCUT2D eigenvalue weighted by atomic mass is 9.67. The summed E-state index contributed by atoms with van der Waals surface area (Å²) in [5.74, 6) is -1.32. The number of nitriles is 1. The van der Waals surface area contributed by atoms with E-state index >= 15 is 0 Å². The monoisotopic (exact) mass is 418 g/mol. The first kappa shape index (κ1) is 20.5. The zero-order valence-corrected chi connectivity index (χ0v) is 17.2. The Morgan fingerprint density at radius 1 is 1.14 bits per heavy atom. The number of halogens is 4. The van der Waals surface area contributed by atoms with Crippen LogP contribution in [0.15, 0.2) is 47.6 Å². The van der Waals surface area contributed by atoms with Gasteiger partial charge in [0.25, 0.3) is 0 Å². The molecule has 2 aromatic rings. The number of benzene rings is 2. The highest BCUT2D eigenvalue weighted by Gasteiger charge is 2.48.